The number of unbranched alkanes of at least 4 members (excludes halogenated alkanes) is 1. The molecule has 6 aromatic rings. The van der Waals surface area contributed by atoms with Crippen LogP contribution in [0.25, 0.3) is 44.1 Å². The highest BCUT2D eigenvalue weighted by molar-refractivity contribution is 6.04. The van der Waals surface area contributed by atoms with Crippen LogP contribution in [0.2, 0.25) is 0 Å². The summed E-state index contributed by atoms with van der Waals surface area (Å²) < 4.78 is 21.6. The smallest absolute Gasteiger partial charge is 0.207 e. The second-order valence-electron chi connectivity index (χ2n) is 17.0. The minimum atomic E-state index is -0.479. The number of aryl methyl sites for hydroxylation is 2. The molecule has 4 aromatic carbocycles. The normalized spacial score (nSPS) is 21.6. The van der Waals surface area contributed by atoms with Crippen molar-refractivity contribution in [3.05, 3.63) is 130 Å². The number of pyridine rings is 2. The zero-order valence-corrected chi connectivity index (χ0v) is 31.9. The molecular weight excluding hydrogens is 624 g/mol. The number of aromatic nitrogens is 2. The van der Waals surface area contributed by atoms with E-state index >= 15 is 4.39 Å². The van der Waals surface area contributed by atoms with Gasteiger partial charge in [0, 0.05) is 40.5 Å². The second-order valence-corrected chi connectivity index (χ2v) is 17.0. The molecule has 2 nitrogen and oxygen atoms in total. The minimum absolute atomic E-state index is 0.0976. The first kappa shape index (κ1) is 32.5. The van der Waals surface area contributed by atoms with Gasteiger partial charge in [0.25, 0.3) is 0 Å². The van der Waals surface area contributed by atoms with Gasteiger partial charge in [-0.25, -0.2) is 8.96 Å². The zero-order valence-electron chi connectivity index (χ0n) is 31.9. The summed E-state index contributed by atoms with van der Waals surface area (Å²) in [6.45, 7) is 18.8. The molecule has 258 valence electrons. The average molecular weight is 675 g/mol. The Kier molecular flexibility index (Phi) is 6.76. The van der Waals surface area contributed by atoms with Crippen molar-refractivity contribution in [2.45, 2.75) is 109 Å². The van der Waals surface area contributed by atoms with Crippen molar-refractivity contribution >= 4 is 21.5 Å². The fraction of sp³-hybridized carbons (Fsp3) is 0.375. The Labute approximate surface area is 303 Å². The van der Waals surface area contributed by atoms with Crippen molar-refractivity contribution in [3.8, 4) is 22.5 Å². The topological polar surface area (TPSA) is 7.76 Å². The van der Waals surface area contributed by atoms with E-state index in [0.29, 0.717) is 0 Å². The Balaban J connectivity index is 1.50. The molecule has 2 aromatic heterocycles. The van der Waals surface area contributed by atoms with Gasteiger partial charge in [-0.3, -0.25) is 0 Å². The molecule has 3 heteroatoms. The summed E-state index contributed by atoms with van der Waals surface area (Å²) >= 11 is 0. The standard InChI is InChI=1S/C48H51FN2/c1-10-13-16-29-21-22-34-39-31(29)26-28-51-44(39)41-35(23-24-37(49)42(41)46(34,6)7)47(8,11-2)48(51,12-3)36-20-15-19-33-40(36)43-38-30(25-27-50(43)9)17-14-18-32(38)45(33,4)5/h14-15,17-28H,10-13,16H2,1-9H3/q+2. The Morgan fingerprint density at radius 1 is 0.627 bits per heavy atom. The van der Waals surface area contributed by atoms with Crippen LogP contribution in [0, 0.1) is 5.82 Å². The van der Waals surface area contributed by atoms with Gasteiger partial charge in [0.1, 0.15) is 12.9 Å². The molecule has 0 bridgehead atoms. The molecular formula is C48H51FN2+2. The van der Waals surface area contributed by atoms with Gasteiger partial charge in [-0.2, -0.15) is 4.57 Å². The molecule has 9 rings (SSSR count). The van der Waals surface area contributed by atoms with Crippen molar-refractivity contribution in [2.24, 2.45) is 7.05 Å². The maximum atomic E-state index is 16.6. The van der Waals surface area contributed by atoms with Crippen LogP contribution < -0.4 is 9.13 Å². The van der Waals surface area contributed by atoms with Crippen LogP contribution >= 0.6 is 0 Å². The monoisotopic (exact) mass is 674 g/mol. The molecule has 0 radical (unpaired) electrons. The maximum absolute atomic E-state index is 16.6. The van der Waals surface area contributed by atoms with Gasteiger partial charge >= 0.3 is 0 Å². The molecule has 0 saturated heterocycles. The van der Waals surface area contributed by atoms with Crippen LogP contribution in [0.4, 0.5) is 4.39 Å². The molecule has 3 heterocycles. The van der Waals surface area contributed by atoms with Gasteiger partial charge < -0.3 is 0 Å². The van der Waals surface area contributed by atoms with Crippen molar-refractivity contribution in [1.29, 1.82) is 0 Å². The third kappa shape index (κ3) is 3.73. The lowest BCUT2D eigenvalue weighted by atomic mass is 9.53. The molecule has 0 saturated carbocycles. The minimum Gasteiger partial charge on any atom is -0.207 e. The molecule has 2 aliphatic carbocycles. The van der Waals surface area contributed by atoms with Crippen molar-refractivity contribution in [2.75, 3.05) is 0 Å². The Morgan fingerprint density at radius 3 is 2.08 bits per heavy atom. The van der Waals surface area contributed by atoms with E-state index in [1.165, 1.54) is 71.9 Å². The van der Waals surface area contributed by atoms with Gasteiger partial charge in [0.2, 0.25) is 16.9 Å². The third-order valence-corrected chi connectivity index (χ3v) is 14.1. The van der Waals surface area contributed by atoms with Crippen molar-refractivity contribution < 1.29 is 13.5 Å². The van der Waals surface area contributed by atoms with Crippen LogP contribution in [0.3, 0.4) is 0 Å². The third-order valence-electron chi connectivity index (χ3n) is 14.1. The van der Waals surface area contributed by atoms with Gasteiger partial charge in [0.15, 0.2) is 12.4 Å². The van der Waals surface area contributed by atoms with E-state index in [2.05, 4.69) is 151 Å². The molecule has 2 atom stereocenters. The number of hydrogen-bond acceptors (Lipinski definition) is 0. The van der Waals surface area contributed by atoms with Crippen molar-refractivity contribution in [3.63, 3.8) is 0 Å². The summed E-state index contributed by atoms with van der Waals surface area (Å²) in [4.78, 5) is 0. The number of hydrogen-bond donors (Lipinski definition) is 0. The number of halogens is 1. The Morgan fingerprint density at radius 2 is 1.33 bits per heavy atom. The largest absolute Gasteiger partial charge is 0.222 e. The van der Waals surface area contributed by atoms with E-state index in [4.69, 9.17) is 0 Å². The molecule has 3 aliphatic rings. The molecule has 0 fully saturated rings. The second kappa shape index (κ2) is 10.6. The van der Waals surface area contributed by atoms with Gasteiger partial charge in [-0.1, -0.05) is 109 Å². The molecule has 0 spiro atoms. The number of benzene rings is 4. The molecule has 0 N–H and O–H groups in total. The summed E-state index contributed by atoms with van der Waals surface area (Å²) in [6, 6.07) is 27.2. The SMILES string of the molecule is CCCCc1ccc2c3c4[n+](ccc13)C(CC)(c1cccc3c1-c1c5c(cccc5cc[n+]1C)C3(C)C)C(C)(CC)c1ccc(F)c(c1-4)C2(C)C. The first-order chi connectivity index (χ1) is 24.4. The number of nitrogens with zero attached hydrogens (tertiary/aromatic N) is 2. The zero-order chi connectivity index (χ0) is 35.8. The summed E-state index contributed by atoms with van der Waals surface area (Å²) in [5.41, 5.74) is 12.4. The first-order valence-electron chi connectivity index (χ1n) is 19.3. The van der Waals surface area contributed by atoms with E-state index in [-0.39, 0.29) is 16.6 Å². The Hall–Kier alpha value is -4.37. The summed E-state index contributed by atoms with van der Waals surface area (Å²) in [5.74, 6) is -0.0976. The van der Waals surface area contributed by atoms with E-state index in [0.717, 1.165) is 43.2 Å². The van der Waals surface area contributed by atoms with Gasteiger partial charge in [-0.05, 0) is 70.8 Å². The Bertz CT molecular complexity index is 2490. The van der Waals surface area contributed by atoms with E-state index in [1.54, 1.807) is 6.07 Å². The number of rotatable bonds is 6. The fourth-order valence-electron chi connectivity index (χ4n) is 11.4. The molecule has 51 heavy (non-hydrogen) atoms. The average Bonchev–Trinajstić information content (AvgIpc) is 3.12. The molecule has 1 aliphatic heterocycles. The predicted octanol–water partition coefficient (Wildman–Crippen LogP) is 11.0. The quantitative estimate of drug-likeness (QED) is 0.155. The first-order valence-corrected chi connectivity index (χ1v) is 19.3. The van der Waals surface area contributed by atoms with Crippen LogP contribution in [0.1, 0.15) is 120 Å². The van der Waals surface area contributed by atoms with E-state index in [1.807, 2.05) is 0 Å². The highest BCUT2D eigenvalue weighted by Gasteiger charge is 2.64. The van der Waals surface area contributed by atoms with Crippen LogP contribution in [0.15, 0.2) is 85.2 Å². The summed E-state index contributed by atoms with van der Waals surface area (Å²) in [7, 11) is 2.21. The van der Waals surface area contributed by atoms with Crippen LogP contribution in [-0.2, 0) is 35.3 Å². The predicted molar refractivity (Wildman–Crippen MR) is 208 cm³/mol. The fourth-order valence-corrected chi connectivity index (χ4v) is 11.4. The highest BCUT2D eigenvalue weighted by Crippen LogP contribution is 2.61. The lowest BCUT2D eigenvalue weighted by Gasteiger charge is -2.51. The maximum Gasteiger partial charge on any atom is 0.222 e. The summed E-state index contributed by atoms with van der Waals surface area (Å²) in [5, 5.41) is 5.28. The molecule has 2 unspecified atom stereocenters. The van der Waals surface area contributed by atoms with E-state index in [9.17, 15) is 0 Å². The van der Waals surface area contributed by atoms with E-state index < -0.39 is 11.0 Å². The van der Waals surface area contributed by atoms with Crippen molar-refractivity contribution in [1.82, 2.24) is 0 Å². The van der Waals surface area contributed by atoms with Crippen LogP contribution in [-0.4, -0.2) is 0 Å². The highest BCUT2D eigenvalue weighted by atomic mass is 19.1. The molecule has 0 amide bonds. The lowest BCUT2D eigenvalue weighted by molar-refractivity contribution is -0.757. The van der Waals surface area contributed by atoms with Gasteiger partial charge in [0.05, 0.1) is 27.3 Å². The van der Waals surface area contributed by atoms with Crippen LogP contribution in [0.5, 0.6) is 0 Å². The summed E-state index contributed by atoms with van der Waals surface area (Å²) in [6.07, 6.45) is 9.79. The lowest BCUT2D eigenvalue weighted by Crippen LogP contribution is -2.70. The van der Waals surface area contributed by atoms with Gasteiger partial charge in [-0.15, -0.1) is 0 Å². The number of fused-ring (bicyclic) bond motifs is 2.